The summed E-state index contributed by atoms with van der Waals surface area (Å²) in [5, 5.41) is 1.42. The van der Waals surface area contributed by atoms with Crippen molar-refractivity contribution in [3.8, 4) is 11.3 Å². The molecule has 4 rings (SSSR count). The minimum absolute atomic E-state index is 0.0786. The van der Waals surface area contributed by atoms with Crippen LogP contribution >= 0.6 is 0 Å². The van der Waals surface area contributed by atoms with Gasteiger partial charge in [-0.2, -0.15) is 0 Å². The van der Waals surface area contributed by atoms with Gasteiger partial charge in [0.05, 0.1) is 15.5 Å². The predicted octanol–water partition coefficient (Wildman–Crippen LogP) is 3.05. The minimum atomic E-state index is -3.85. The van der Waals surface area contributed by atoms with Crippen LogP contribution < -0.4 is 4.72 Å². The van der Waals surface area contributed by atoms with Crippen LogP contribution in [-0.4, -0.2) is 50.2 Å². The summed E-state index contributed by atoms with van der Waals surface area (Å²) in [4.78, 5) is 12.4. The van der Waals surface area contributed by atoms with Gasteiger partial charge in [0.2, 0.25) is 10.0 Å². The fourth-order valence-electron chi connectivity index (χ4n) is 3.36. The van der Waals surface area contributed by atoms with Crippen molar-refractivity contribution >= 4 is 36.6 Å². The molecule has 2 aromatic heterocycles. The van der Waals surface area contributed by atoms with Gasteiger partial charge < -0.3 is 0 Å². The van der Waals surface area contributed by atoms with E-state index in [-0.39, 0.29) is 15.6 Å². The largest absolute Gasteiger partial charge is 0.263 e. The Bertz CT molecular complexity index is 1550. The molecule has 11 heteroatoms. The minimum Gasteiger partial charge on any atom is -0.263 e. The Morgan fingerprint density at radius 2 is 1.61 bits per heavy atom. The van der Waals surface area contributed by atoms with E-state index in [0.717, 1.165) is 20.8 Å². The zero-order chi connectivity index (χ0) is 23.8. The smallest absolute Gasteiger partial charge is 0.263 e. The maximum absolute atomic E-state index is 12.8. The van der Waals surface area contributed by atoms with E-state index in [1.165, 1.54) is 38.8 Å². The number of aromatic nitrogens is 3. The molecule has 2 heterocycles. The molecule has 0 spiro atoms. The van der Waals surface area contributed by atoms with Crippen LogP contribution in [-0.2, 0) is 20.0 Å². The lowest BCUT2D eigenvalue weighted by atomic mass is 10.0. The first-order chi connectivity index (χ1) is 15.6. The summed E-state index contributed by atoms with van der Waals surface area (Å²) >= 11 is 0. The van der Waals surface area contributed by atoms with Crippen LogP contribution in [0.2, 0.25) is 0 Å². The van der Waals surface area contributed by atoms with Gasteiger partial charge in [-0.05, 0) is 54.3 Å². The number of nitrogens with zero attached hydrogens (tertiary/aromatic N) is 4. The summed E-state index contributed by atoms with van der Waals surface area (Å²) in [5.74, 6) is 0.170. The van der Waals surface area contributed by atoms with Crippen LogP contribution in [0, 0.1) is 6.92 Å². The molecular weight excluding hydrogens is 462 g/mol. The number of hydrogen-bond donors (Lipinski definition) is 1. The van der Waals surface area contributed by atoms with E-state index in [2.05, 4.69) is 19.7 Å². The average molecular weight is 484 g/mol. The van der Waals surface area contributed by atoms with Gasteiger partial charge in [-0.15, -0.1) is 0 Å². The van der Waals surface area contributed by atoms with Crippen molar-refractivity contribution in [1.29, 1.82) is 0 Å². The van der Waals surface area contributed by atoms with Gasteiger partial charge in [0.15, 0.2) is 0 Å². The first-order valence-electron chi connectivity index (χ1n) is 9.81. The quantitative estimate of drug-likeness (QED) is 0.447. The van der Waals surface area contributed by atoms with Crippen molar-refractivity contribution in [3.63, 3.8) is 0 Å². The third-order valence-corrected chi connectivity index (χ3v) is 8.26. The summed E-state index contributed by atoms with van der Waals surface area (Å²) in [7, 11) is -4.45. The molecule has 33 heavy (non-hydrogen) atoms. The van der Waals surface area contributed by atoms with Crippen molar-refractivity contribution in [1.82, 2.24) is 19.3 Å². The Kier molecular flexibility index (Phi) is 5.87. The fraction of sp³-hybridized carbons (Fsp3) is 0.136. The van der Waals surface area contributed by atoms with E-state index in [4.69, 9.17) is 0 Å². The van der Waals surface area contributed by atoms with Crippen LogP contribution in [0.4, 0.5) is 5.82 Å². The highest BCUT2D eigenvalue weighted by Gasteiger charge is 2.20. The van der Waals surface area contributed by atoms with Gasteiger partial charge in [-0.3, -0.25) is 9.71 Å². The van der Waals surface area contributed by atoms with E-state index in [0.29, 0.717) is 11.1 Å². The normalized spacial score (nSPS) is 12.2. The zero-order valence-electron chi connectivity index (χ0n) is 18.1. The van der Waals surface area contributed by atoms with Gasteiger partial charge in [0.1, 0.15) is 12.1 Å². The van der Waals surface area contributed by atoms with Gasteiger partial charge in [-0.25, -0.2) is 31.1 Å². The number of benzene rings is 2. The highest BCUT2D eigenvalue weighted by molar-refractivity contribution is 7.92. The molecule has 0 amide bonds. The fourth-order valence-corrected chi connectivity index (χ4v) is 5.39. The predicted molar refractivity (Wildman–Crippen MR) is 126 cm³/mol. The number of rotatable bonds is 6. The number of fused-ring (bicyclic) bond motifs is 1. The maximum atomic E-state index is 12.8. The summed E-state index contributed by atoms with van der Waals surface area (Å²) in [6.07, 6.45) is 4.30. The SMILES string of the molecule is Cc1cc(S(=O)(=O)N(C)C)ccc1-c1nccc2cc(S(=O)(=O)Nc3ccncn3)ccc12. The molecule has 0 aliphatic carbocycles. The lowest BCUT2D eigenvalue weighted by Gasteiger charge is -2.14. The molecule has 170 valence electrons. The third kappa shape index (κ3) is 4.42. The number of pyridine rings is 1. The number of sulfonamides is 2. The van der Waals surface area contributed by atoms with Crippen molar-refractivity contribution in [2.24, 2.45) is 0 Å². The number of aryl methyl sites for hydroxylation is 1. The molecule has 0 bridgehead atoms. The lowest BCUT2D eigenvalue weighted by molar-refractivity contribution is 0.520. The second kappa shape index (κ2) is 8.50. The Morgan fingerprint density at radius 1 is 0.848 bits per heavy atom. The van der Waals surface area contributed by atoms with Gasteiger partial charge in [0.25, 0.3) is 10.0 Å². The van der Waals surface area contributed by atoms with E-state index in [1.54, 1.807) is 42.6 Å². The summed E-state index contributed by atoms with van der Waals surface area (Å²) in [5.41, 5.74) is 2.12. The van der Waals surface area contributed by atoms with E-state index < -0.39 is 20.0 Å². The first kappa shape index (κ1) is 22.8. The first-order valence-corrected chi connectivity index (χ1v) is 12.7. The highest BCUT2D eigenvalue weighted by atomic mass is 32.2. The van der Waals surface area contributed by atoms with Crippen molar-refractivity contribution in [3.05, 3.63) is 72.8 Å². The summed E-state index contributed by atoms with van der Waals surface area (Å²) < 4.78 is 54.1. The molecule has 9 nitrogen and oxygen atoms in total. The van der Waals surface area contributed by atoms with Gasteiger partial charge in [-0.1, -0.05) is 12.1 Å². The van der Waals surface area contributed by atoms with E-state index >= 15 is 0 Å². The van der Waals surface area contributed by atoms with Crippen LogP contribution in [0.1, 0.15) is 5.56 Å². The molecule has 0 fully saturated rings. The van der Waals surface area contributed by atoms with Crippen LogP contribution in [0.25, 0.3) is 22.0 Å². The maximum Gasteiger partial charge on any atom is 0.263 e. The molecule has 0 radical (unpaired) electrons. The van der Waals surface area contributed by atoms with Gasteiger partial charge in [0, 0.05) is 37.4 Å². The number of hydrogen-bond acceptors (Lipinski definition) is 7. The topological polar surface area (TPSA) is 122 Å². The summed E-state index contributed by atoms with van der Waals surface area (Å²) in [6.45, 7) is 1.81. The molecule has 0 unspecified atom stereocenters. The van der Waals surface area contributed by atoms with Crippen LogP contribution in [0.3, 0.4) is 0 Å². The second-order valence-electron chi connectivity index (χ2n) is 7.51. The van der Waals surface area contributed by atoms with Crippen molar-refractivity contribution < 1.29 is 16.8 Å². The van der Waals surface area contributed by atoms with Crippen molar-refractivity contribution in [2.45, 2.75) is 16.7 Å². The van der Waals surface area contributed by atoms with Crippen LogP contribution in [0.15, 0.2) is 77.0 Å². The van der Waals surface area contributed by atoms with Crippen molar-refractivity contribution in [2.75, 3.05) is 18.8 Å². The molecular formula is C22H21N5O4S2. The molecule has 4 aromatic rings. The Morgan fingerprint density at radius 3 is 2.27 bits per heavy atom. The molecule has 1 N–H and O–H groups in total. The van der Waals surface area contributed by atoms with E-state index in [1.807, 2.05) is 6.92 Å². The standard InChI is InChI=1S/C22H21N5O4S2/c1-15-12-18(33(30,31)27(2)3)5-6-19(15)22-20-7-4-17(13-16(20)8-11-24-22)32(28,29)26-21-9-10-23-14-25-21/h4-14H,1-3H3,(H,23,25,26). The van der Waals surface area contributed by atoms with E-state index in [9.17, 15) is 16.8 Å². The third-order valence-electron chi connectivity index (χ3n) is 5.10. The Balaban J connectivity index is 1.76. The zero-order valence-corrected chi connectivity index (χ0v) is 19.7. The van der Waals surface area contributed by atoms with Crippen LogP contribution in [0.5, 0.6) is 0 Å². The van der Waals surface area contributed by atoms with Gasteiger partial charge >= 0.3 is 0 Å². The molecule has 0 saturated carbocycles. The monoisotopic (exact) mass is 483 g/mol. The Labute approximate surface area is 192 Å². The molecule has 0 aliphatic rings. The molecule has 0 aliphatic heterocycles. The highest BCUT2D eigenvalue weighted by Crippen LogP contribution is 2.32. The molecule has 0 saturated heterocycles. The molecule has 2 aromatic carbocycles. The second-order valence-corrected chi connectivity index (χ2v) is 11.3. The molecule has 0 atom stereocenters. The Hall–Kier alpha value is -3.41. The lowest BCUT2D eigenvalue weighted by Crippen LogP contribution is -2.22. The average Bonchev–Trinajstić information content (AvgIpc) is 2.78. The number of nitrogens with one attached hydrogen (secondary N) is 1. The summed E-state index contributed by atoms with van der Waals surface area (Å²) in [6, 6.07) is 12.8. The number of anilines is 1.